The molecule has 2 fully saturated rings. The van der Waals surface area contributed by atoms with Crippen molar-refractivity contribution in [2.45, 2.75) is 52.1 Å². The number of fused-ring (bicyclic) bond motifs is 2. The van der Waals surface area contributed by atoms with Crippen LogP contribution in [0.5, 0.6) is 5.75 Å². The lowest BCUT2D eigenvalue weighted by atomic mass is 9.83. The van der Waals surface area contributed by atoms with Gasteiger partial charge in [0.05, 0.1) is 13.2 Å². The molecule has 3 nitrogen and oxygen atoms in total. The molecule has 4 atom stereocenters. The molecule has 20 heavy (non-hydrogen) atoms. The maximum atomic E-state index is 10.6. The smallest absolute Gasteiger partial charge is 0.128 e. The van der Waals surface area contributed by atoms with Crippen molar-refractivity contribution < 1.29 is 9.84 Å². The van der Waals surface area contributed by atoms with Gasteiger partial charge in [0.1, 0.15) is 5.75 Å². The minimum atomic E-state index is -0.246. The summed E-state index contributed by atoms with van der Waals surface area (Å²) in [5.41, 5.74) is 3.13. The maximum absolute atomic E-state index is 10.6. The normalized spacial score (nSPS) is 29.7. The number of hydrogen-bond donors (Lipinski definition) is 1. The van der Waals surface area contributed by atoms with Gasteiger partial charge in [-0.3, -0.25) is 4.98 Å². The van der Waals surface area contributed by atoms with Gasteiger partial charge in [-0.15, -0.1) is 0 Å². The van der Waals surface area contributed by atoms with E-state index in [9.17, 15) is 5.11 Å². The van der Waals surface area contributed by atoms with E-state index in [4.69, 9.17) is 4.74 Å². The first kappa shape index (κ1) is 13.9. The van der Waals surface area contributed by atoms with Crippen molar-refractivity contribution in [2.75, 3.05) is 7.11 Å². The minimum absolute atomic E-state index is 0.246. The number of aliphatic hydroxyl groups is 1. The Morgan fingerprint density at radius 2 is 2.15 bits per heavy atom. The van der Waals surface area contributed by atoms with Crippen molar-refractivity contribution in [1.82, 2.24) is 4.98 Å². The van der Waals surface area contributed by atoms with E-state index >= 15 is 0 Å². The highest BCUT2D eigenvalue weighted by Gasteiger charge is 2.42. The highest BCUT2D eigenvalue weighted by molar-refractivity contribution is 5.41. The summed E-state index contributed by atoms with van der Waals surface area (Å²) in [5.74, 6) is 3.03. The average Bonchev–Trinajstić information content (AvgIpc) is 3.05. The van der Waals surface area contributed by atoms with E-state index < -0.39 is 0 Å². The van der Waals surface area contributed by atoms with Crippen LogP contribution in [0.4, 0.5) is 0 Å². The number of ether oxygens (including phenoxy) is 1. The first-order chi connectivity index (χ1) is 9.60. The highest BCUT2D eigenvalue weighted by Crippen LogP contribution is 2.50. The Hall–Kier alpha value is -1.09. The number of hydrogen-bond acceptors (Lipinski definition) is 3. The maximum Gasteiger partial charge on any atom is 0.128 e. The molecule has 0 amide bonds. The molecule has 2 bridgehead atoms. The van der Waals surface area contributed by atoms with Crippen LogP contribution in [0.15, 0.2) is 6.20 Å². The van der Waals surface area contributed by atoms with Gasteiger partial charge in [0.2, 0.25) is 0 Å². The largest absolute Gasteiger partial charge is 0.496 e. The predicted octanol–water partition coefficient (Wildman–Crippen LogP) is 3.05. The molecular formula is C17H25NO2. The van der Waals surface area contributed by atoms with Crippen molar-refractivity contribution in [3.05, 3.63) is 23.0 Å². The first-order valence-corrected chi connectivity index (χ1v) is 7.77. The van der Waals surface area contributed by atoms with Crippen LogP contribution < -0.4 is 4.74 Å². The van der Waals surface area contributed by atoms with E-state index in [0.29, 0.717) is 12.3 Å². The molecule has 2 saturated carbocycles. The van der Waals surface area contributed by atoms with Crippen molar-refractivity contribution >= 4 is 0 Å². The van der Waals surface area contributed by atoms with E-state index in [1.807, 2.05) is 20.0 Å². The minimum Gasteiger partial charge on any atom is -0.496 e. The Balaban J connectivity index is 1.74. The summed E-state index contributed by atoms with van der Waals surface area (Å²) in [6.45, 7) is 4.05. The molecule has 0 radical (unpaired) electrons. The summed E-state index contributed by atoms with van der Waals surface area (Å²) in [6, 6.07) is 0. The SMILES string of the molecule is COc1c(C)cnc(CC(O)C2CC3CCC2C3)c1C. The lowest BCUT2D eigenvalue weighted by Gasteiger charge is -2.27. The van der Waals surface area contributed by atoms with Crippen LogP contribution >= 0.6 is 0 Å². The number of nitrogens with zero attached hydrogens (tertiary/aromatic N) is 1. The molecule has 2 aliphatic rings. The molecule has 1 heterocycles. The Bertz CT molecular complexity index is 500. The van der Waals surface area contributed by atoms with Crippen molar-refractivity contribution in [2.24, 2.45) is 17.8 Å². The van der Waals surface area contributed by atoms with Gasteiger partial charge in [-0.25, -0.2) is 0 Å². The average molecular weight is 275 g/mol. The number of methoxy groups -OCH3 is 1. The van der Waals surface area contributed by atoms with Gasteiger partial charge in [-0.2, -0.15) is 0 Å². The molecule has 1 N–H and O–H groups in total. The van der Waals surface area contributed by atoms with Crippen LogP contribution in [0.25, 0.3) is 0 Å². The van der Waals surface area contributed by atoms with Gasteiger partial charge in [-0.05, 0) is 50.9 Å². The van der Waals surface area contributed by atoms with Crippen molar-refractivity contribution in [3.8, 4) is 5.75 Å². The van der Waals surface area contributed by atoms with Gasteiger partial charge in [0.25, 0.3) is 0 Å². The summed E-state index contributed by atoms with van der Waals surface area (Å²) < 4.78 is 5.45. The fraction of sp³-hybridized carbons (Fsp3) is 0.706. The van der Waals surface area contributed by atoms with Gasteiger partial charge in [-0.1, -0.05) is 6.42 Å². The van der Waals surface area contributed by atoms with Crippen molar-refractivity contribution in [1.29, 1.82) is 0 Å². The summed E-state index contributed by atoms with van der Waals surface area (Å²) in [6.07, 6.45) is 7.52. The lowest BCUT2D eigenvalue weighted by Crippen LogP contribution is -2.28. The van der Waals surface area contributed by atoms with Gasteiger partial charge >= 0.3 is 0 Å². The highest BCUT2D eigenvalue weighted by atomic mass is 16.5. The molecule has 0 aliphatic heterocycles. The van der Waals surface area contributed by atoms with Crippen LogP contribution in [-0.2, 0) is 6.42 Å². The standard InChI is InChI=1S/C17H25NO2/c1-10-9-18-15(11(2)17(10)20-3)8-16(19)14-7-12-4-5-13(14)6-12/h9,12-14,16,19H,4-8H2,1-3H3. The molecule has 0 spiro atoms. The number of pyridine rings is 1. The second kappa shape index (κ2) is 5.36. The molecule has 3 rings (SSSR count). The van der Waals surface area contributed by atoms with Crippen LogP contribution in [0.3, 0.4) is 0 Å². The van der Waals surface area contributed by atoms with E-state index in [1.54, 1.807) is 7.11 Å². The first-order valence-electron chi connectivity index (χ1n) is 7.77. The fourth-order valence-corrected chi connectivity index (χ4v) is 4.39. The molecule has 110 valence electrons. The molecule has 0 saturated heterocycles. The quantitative estimate of drug-likeness (QED) is 0.918. The fourth-order valence-electron chi connectivity index (χ4n) is 4.39. The Morgan fingerprint density at radius 1 is 1.35 bits per heavy atom. The molecular weight excluding hydrogens is 250 g/mol. The second-order valence-corrected chi connectivity index (χ2v) is 6.66. The molecule has 1 aromatic heterocycles. The topological polar surface area (TPSA) is 42.4 Å². The Kier molecular flexibility index (Phi) is 3.72. The second-order valence-electron chi connectivity index (χ2n) is 6.66. The summed E-state index contributed by atoms with van der Waals surface area (Å²) >= 11 is 0. The third kappa shape index (κ3) is 2.32. The van der Waals surface area contributed by atoms with Crippen LogP contribution in [0, 0.1) is 31.6 Å². The Morgan fingerprint density at radius 3 is 2.75 bits per heavy atom. The zero-order valence-corrected chi connectivity index (χ0v) is 12.7. The zero-order chi connectivity index (χ0) is 14.3. The van der Waals surface area contributed by atoms with E-state index in [1.165, 1.54) is 25.7 Å². The number of rotatable bonds is 4. The molecule has 0 aromatic carbocycles. The third-order valence-electron chi connectivity index (χ3n) is 5.44. The lowest BCUT2D eigenvalue weighted by molar-refractivity contribution is 0.0741. The Labute approximate surface area is 121 Å². The molecule has 2 aliphatic carbocycles. The summed E-state index contributed by atoms with van der Waals surface area (Å²) in [5, 5.41) is 10.6. The van der Waals surface area contributed by atoms with Gasteiger partial charge in [0.15, 0.2) is 0 Å². The van der Waals surface area contributed by atoms with E-state index in [-0.39, 0.29) is 6.10 Å². The summed E-state index contributed by atoms with van der Waals surface area (Å²) in [4.78, 5) is 4.52. The number of aromatic nitrogens is 1. The summed E-state index contributed by atoms with van der Waals surface area (Å²) in [7, 11) is 1.70. The van der Waals surface area contributed by atoms with E-state index in [0.717, 1.165) is 34.4 Å². The van der Waals surface area contributed by atoms with Crippen molar-refractivity contribution in [3.63, 3.8) is 0 Å². The van der Waals surface area contributed by atoms with Gasteiger partial charge < -0.3 is 9.84 Å². The third-order valence-corrected chi connectivity index (χ3v) is 5.44. The molecule has 1 aromatic rings. The van der Waals surface area contributed by atoms with E-state index in [2.05, 4.69) is 4.98 Å². The molecule has 3 heteroatoms. The number of aliphatic hydroxyl groups excluding tert-OH is 1. The molecule has 4 unspecified atom stereocenters. The van der Waals surface area contributed by atoms with Gasteiger partial charge in [0, 0.05) is 29.4 Å². The predicted molar refractivity (Wildman–Crippen MR) is 78.9 cm³/mol. The van der Waals surface area contributed by atoms with Crippen LogP contribution in [0.2, 0.25) is 0 Å². The van der Waals surface area contributed by atoms with Crippen LogP contribution in [0.1, 0.15) is 42.5 Å². The van der Waals surface area contributed by atoms with Crippen LogP contribution in [-0.4, -0.2) is 23.3 Å². The monoisotopic (exact) mass is 275 g/mol. The zero-order valence-electron chi connectivity index (χ0n) is 12.7. The number of aryl methyl sites for hydroxylation is 1.